The number of rotatable bonds is 4. The van der Waals surface area contributed by atoms with E-state index in [1.807, 2.05) is 59.7 Å². The number of likely N-dealkylation sites (N-methyl/N-ethyl adjacent to an activating group) is 1. The monoisotopic (exact) mass is 392 g/mol. The minimum Gasteiger partial charge on any atom is -0.497 e. The molecule has 2 aliphatic heterocycles. The molecular weight excluding hydrogens is 364 g/mol. The molecule has 0 amide bonds. The Morgan fingerprint density at radius 2 is 1.55 bits per heavy atom. The fourth-order valence-electron chi connectivity index (χ4n) is 4.60. The van der Waals surface area contributed by atoms with Crippen LogP contribution in [0.1, 0.15) is 38.8 Å². The van der Waals surface area contributed by atoms with Crippen LogP contribution in [-0.2, 0) is 15.3 Å². The maximum absolute atomic E-state index is 12.6. The maximum Gasteiger partial charge on any atom is 0.167 e. The molecule has 5 heteroatoms. The fraction of sp³-hybridized carbons (Fsp3) is 0.375. The normalized spacial score (nSPS) is 25.6. The number of benzene rings is 2. The molecule has 1 atom stereocenters. The van der Waals surface area contributed by atoms with E-state index in [-0.39, 0.29) is 11.1 Å². The molecule has 0 radical (unpaired) electrons. The van der Waals surface area contributed by atoms with Crippen LogP contribution in [0, 0.1) is 0 Å². The number of carbonyl (C=O) groups is 1. The summed E-state index contributed by atoms with van der Waals surface area (Å²) in [6.45, 7) is 8.69. The van der Waals surface area contributed by atoms with Gasteiger partial charge >= 0.3 is 0 Å². The first-order valence-corrected chi connectivity index (χ1v) is 9.85. The first kappa shape index (κ1) is 19.7. The van der Waals surface area contributed by atoms with E-state index in [4.69, 9.17) is 9.57 Å². The van der Waals surface area contributed by atoms with Crippen molar-refractivity contribution in [2.75, 3.05) is 14.2 Å². The van der Waals surface area contributed by atoms with Gasteiger partial charge in [0.15, 0.2) is 17.7 Å². The second kappa shape index (κ2) is 6.44. The maximum atomic E-state index is 12.6. The highest BCUT2D eigenvalue weighted by atomic mass is 16.7. The zero-order valence-electron chi connectivity index (χ0n) is 17.9. The van der Waals surface area contributed by atoms with E-state index in [9.17, 15) is 4.79 Å². The number of nitrogens with zero attached hydrogens (tertiary/aromatic N) is 2. The molecule has 1 saturated heterocycles. The highest BCUT2D eigenvalue weighted by Gasteiger charge is 2.71. The van der Waals surface area contributed by atoms with Crippen LogP contribution in [0.2, 0.25) is 0 Å². The summed E-state index contributed by atoms with van der Waals surface area (Å²) in [5.41, 5.74) is 0.962. The molecule has 0 bridgehead atoms. The van der Waals surface area contributed by atoms with Gasteiger partial charge in [-0.15, -0.1) is 5.06 Å². The molecule has 29 heavy (non-hydrogen) atoms. The van der Waals surface area contributed by atoms with Gasteiger partial charge in [-0.1, -0.05) is 42.5 Å². The van der Waals surface area contributed by atoms with Gasteiger partial charge in [0.05, 0.1) is 18.2 Å². The predicted octanol–water partition coefficient (Wildman–Crippen LogP) is 4.21. The Kier molecular flexibility index (Phi) is 4.37. The molecule has 0 N–H and O–H groups in total. The zero-order chi connectivity index (χ0) is 21.0. The van der Waals surface area contributed by atoms with E-state index in [0.29, 0.717) is 11.3 Å². The summed E-state index contributed by atoms with van der Waals surface area (Å²) in [5, 5.41) is 1.99. The highest BCUT2D eigenvalue weighted by Crippen LogP contribution is 2.60. The Morgan fingerprint density at radius 3 is 2.10 bits per heavy atom. The molecular formula is C24H28N2O3. The van der Waals surface area contributed by atoms with Gasteiger partial charge in [0.1, 0.15) is 5.75 Å². The zero-order valence-corrected chi connectivity index (χ0v) is 17.9. The van der Waals surface area contributed by atoms with Crippen LogP contribution in [0.5, 0.6) is 5.75 Å². The Balaban J connectivity index is 2.03. The van der Waals surface area contributed by atoms with Crippen LogP contribution in [-0.4, -0.2) is 41.5 Å². The van der Waals surface area contributed by atoms with Gasteiger partial charge in [-0.25, -0.2) is 0 Å². The van der Waals surface area contributed by atoms with Gasteiger partial charge in [-0.2, -0.15) is 0 Å². The quantitative estimate of drug-likeness (QED) is 0.729. The molecule has 0 aliphatic carbocycles. The third-order valence-electron chi connectivity index (χ3n) is 7.07. The SMILES string of the molecule is COc1ccc(C23C(C=O)=C(c4ccccc4)ON2C(C)(C)C(C)(C)N3C)cc1. The van der Waals surface area contributed by atoms with Gasteiger partial charge in [-0.3, -0.25) is 9.69 Å². The van der Waals surface area contributed by atoms with E-state index in [2.05, 4.69) is 39.6 Å². The Morgan fingerprint density at radius 1 is 0.931 bits per heavy atom. The van der Waals surface area contributed by atoms with Crippen LogP contribution in [0.25, 0.3) is 5.76 Å². The first-order chi connectivity index (χ1) is 13.7. The number of fused-ring (bicyclic) bond motifs is 1. The lowest BCUT2D eigenvalue weighted by molar-refractivity contribution is -0.186. The standard InChI is InChI=1S/C24H28N2O3/c1-22(2)23(3,4)26-24(25(22)5,18-12-14-19(28-6)15-13-18)20(16-27)21(29-26)17-10-8-7-9-11-17/h7-16H,1-6H3. The van der Waals surface area contributed by atoms with Crippen molar-refractivity contribution in [3.8, 4) is 5.75 Å². The van der Waals surface area contributed by atoms with Crippen LogP contribution < -0.4 is 4.74 Å². The third kappa shape index (κ3) is 2.38. The summed E-state index contributed by atoms with van der Waals surface area (Å²) >= 11 is 0. The average molecular weight is 392 g/mol. The molecule has 0 aromatic heterocycles. The van der Waals surface area contributed by atoms with Crippen molar-refractivity contribution in [3.63, 3.8) is 0 Å². The lowest BCUT2D eigenvalue weighted by Gasteiger charge is -2.41. The van der Waals surface area contributed by atoms with Crippen LogP contribution in [0.3, 0.4) is 0 Å². The number of ether oxygens (including phenoxy) is 1. The van der Waals surface area contributed by atoms with Crippen LogP contribution in [0.4, 0.5) is 0 Å². The van der Waals surface area contributed by atoms with E-state index >= 15 is 0 Å². The molecule has 0 saturated carbocycles. The second-order valence-electron chi connectivity index (χ2n) is 8.69. The van der Waals surface area contributed by atoms with Crippen molar-refractivity contribution < 1.29 is 14.4 Å². The fourth-order valence-corrected chi connectivity index (χ4v) is 4.60. The largest absolute Gasteiger partial charge is 0.497 e. The molecule has 1 unspecified atom stereocenters. The summed E-state index contributed by atoms with van der Waals surface area (Å²) in [7, 11) is 3.71. The smallest absolute Gasteiger partial charge is 0.167 e. The number of hydrogen-bond donors (Lipinski definition) is 0. The highest BCUT2D eigenvalue weighted by molar-refractivity contribution is 5.90. The number of hydroxylamine groups is 2. The number of aldehydes is 1. The minimum atomic E-state index is -0.841. The Labute approximate surface area is 172 Å². The minimum absolute atomic E-state index is 0.274. The van der Waals surface area contributed by atoms with E-state index in [1.165, 1.54) is 0 Å². The van der Waals surface area contributed by atoms with Gasteiger partial charge in [0, 0.05) is 11.1 Å². The Bertz CT molecular complexity index is 963. The Hall–Kier alpha value is -2.63. The van der Waals surface area contributed by atoms with Crippen LogP contribution >= 0.6 is 0 Å². The summed E-state index contributed by atoms with van der Waals surface area (Å²) in [6.07, 6.45) is 0.945. The molecule has 4 rings (SSSR count). The number of hydrogen-bond acceptors (Lipinski definition) is 5. The number of carbonyl (C=O) groups excluding carboxylic acids is 1. The summed E-state index contributed by atoms with van der Waals surface area (Å²) < 4.78 is 5.35. The molecule has 5 nitrogen and oxygen atoms in total. The first-order valence-electron chi connectivity index (χ1n) is 9.85. The van der Waals surface area contributed by atoms with Gasteiger partial charge < -0.3 is 9.57 Å². The molecule has 2 aromatic carbocycles. The summed E-state index contributed by atoms with van der Waals surface area (Å²) in [6, 6.07) is 17.7. The van der Waals surface area contributed by atoms with Gasteiger partial charge in [0.25, 0.3) is 0 Å². The summed E-state index contributed by atoms with van der Waals surface area (Å²) in [5.74, 6) is 1.38. The van der Waals surface area contributed by atoms with Crippen LogP contribution in [0.15, 0.2) is 60.2 Å². The molecule has 2 aromatic rings. The molecule has 152 valence electrons. The average Bonchev–Trinajstić information content (AvgIpc) is 3.14. The lowest BCUT2D eigenvalue weighted by atomic mass is 9.83. The van der Waals surface area contributed by atoms with E-state index in [1.54, 1.807) is 7.11 Å². The lowest BCUT2D eigenvalue weighted by Crippen LogP contribution is -2.53. The van der Waals surface area contributed by atoms with Crippen molar-refractivity contribution in [2.45, 2.75) is 44.4 Å². The number of methoxy groups -OCH3 is 1. The van der Waals surface area contributed by atoms with Gasteiger partial charge in [-0.05, 0) is 52.4 Å². The predicted molar refractivity (Wildman–Crippen MR) is 113 cm³/mol. The second-order valence-corrected chi connectivity index (χ2v) is 8.69. The molecule has 2 aliphatic rings. The molecule has 2 heterocycles. The topological polar surface area (TPSA) is 42.0 Å². The molecule has 1 fully saturated rings. The van der Waals surface area contributed by atoms with E-state index in [0.717, 1.165) is 23.2 Å². The van der Waals surface area contributed by atoms with E-state index < -0.39 is 5.66 Å². The van der Waals surface area contributed by atoms with Crippen molar-refractivity contribution >= 4 is 12.0 Å². The van der Waals surface area contributed by atoms with Crippen molar-refractivity contribution in [2.24, 2.45) is 0 Å². The van der Waals surface area contributed by atoms with Crippen molar-refractivity contribution in [1.29, 1.82) is 0 Å². The van der Waals surface area contributed by atoms with Crippen molar-refractivity contribution in [1.82, 2.24) is 9.96 Å². The third-order valence-corrected chi connectivity index (χ3v) is 7.07. The molecule has 0 spiro atoms. The van der Waals surface area contributed by atoms with Gasteiger partial charge in [0.2, 0.25) is 0 Å². The van der Waals surface area contributed by atoms with Crippen molar-refractivity contribution in [3.05, 3.63) is 71.3 Å². The summed E-state index contributed by atoms with van der Waals surface area (Å²) in [4.78, 5) is 21.4.